The summed E-state index contributed by atoms with van der Waals surface area (Å²) in [5, 5.41) is 12.7. The van der Waals surface area contributed by atoms with E-state index in [1.165, 1.54) is 0 Å². The van der Waals surface area contributed by atoms with Gasteiger partial charge in [0.15, 0.2) is 0 Å². The lowest BCUT2D eigenvalue weighted by Gasteiger charge is -2.18. The van der Waals surface area contributed by atoms with E-state index in [2.05, 4.69) is 5.32 Å². The van der Waals surface area contributed by atoms with Gasteiger partial charge in [-0.25, -0.2) is 8.78 Å². The number of benzene rings is 2. The van der Waals surface area contributed by atoms with E-state index in [0.717, 1.165) is 17.7 Å². The van der Waals surface area contributed by atoms with Crippen molar-refractivity contribution in [1.29, 1.82) is 0 Å². The van der Waals surface area contributed by atoms with Gasteiger partial charge in [0.1, 0.15) is 11.6 Å². The number of amides is 1. The van der Waals surface area contributed by atoms with E-state index in [1.54, 1.807) is 19.1 Å². The second-order valence-electron chi connectivity index (χ2n) is 5.19. The molecule has 0 fully saturated rings. The summed E-state index contributed by atoms with van der Waals surface area (Å²) < 4.78 is 26.2. The average Bonchev–Trinajstić information content (AvgIpc) is 2.47. The number of aliphatic hydroxyl groups excluding tert-OH is 1. The first-order valence-corrected chi connectivity index (χ1v) is 6.95. The van der Waals surface area contributed by atoms with Crippen molar-refractivity contribution in [3.8, 4) is 0 Å². The molecule has 0 aliphatic rings. The largest absolute Gasteiger partial charge is 0.388 e. The third-order valence-corrected chi connectivity index (χ3v) is 3.26. The molecule has 5 heteroatoms. The van der Waals surface area contributed by atoms with Gasteiger partial charge in [0, 0.05) is 17.7 Å². The van der Waals surface area contributed by atoms with Crippen molar-refractivity contribution in [2.45, 2.75) is 25.5 Å². The van der Waals surface area contributed by atoms with Crippen LogP contribution in [0.4, 0.5) is 8.78 Å². The second-order valence-corrected chi connectivity index (χ2v) is 5.19. The van der Waals surface area contributed by atoms with Crippen LogP contribution < -0.4 is 5.32 Å². The Hall–Kier alpha value is -2.27. The van der Waals surface area contributed by atoms with Gasteiger partial charge in [0.2, 0.25) is 0 Å². The maximum atomic E-state index is 13.1. The zero-order chi connectivity index (χ0) is 16.1. The van der Waals surface area contributed by atoms with Crippen molar-refractivity contribution in [3.63, 3.8) is 0 Å². The molecule has 0 aliphatic carbocycles. The molecule has 0 heterocycles. The number of rotatable bonds is 5. The maximum absolute atomic E-state index is 13.1. The van der Waals surface area contributed by atoms with Gasteiger partial charge in [-0.3, -0.25) is 4.79 Å². The Kier molecular flexibility index (Phi) is 5.22. The molecule has 0 radical (unpaired) electrons. The molecule has 2 N–H and O–H groups in total. The molecule has 2 rings (SSSR count). The number of hydrogen-bond donors (Lipinski definition) is 2. The quantitative estimate of drug-likeness (QED) is 0.891. The van der Waals surface area contributed by atoms with E-state index >= 15 is 0 Å². The summed E-state index contributed by atoms with van der Waals surface area (Å²) in [6, 6.07) is 11.4. The van der Waals surface area contributed by atoms with Gasteiger partial charge in [0.05, 0.1) is 6.10 Å². The highest BCUT2D eigenvalue weighted by Crippen LogP contribution is 2.18. The Morgan fingerprint density at radius 3 is 2.32 bits per heavy atom. The number of hydrogen-bond acceptors (Lipinski definition) is 2. The summed E-state index contributed by atoms with van der Waals surface area (Å²) in [5.41, 5.74) is 0.666. The number of carbonyl (C=O) groups excluding carboxylic acids is 1. The molecule has 2 unspecified atom stereocenters. The molecule has 2 aromatic rings. The van der Waals surface area contributed by atoms with Crippen LogP contribution in [0.5, 0.6) is 0 Å². The van der Waals surface area contributed by atoms with Crippen LogP contribution in [0, 0.1) is 11.6 Å². The van der Waals surface area contributed by atoms with Gasteiger partial charge in [-0.1, -0.05) is 30.3 Å². The lowest BCUT2D eigenvalue weighted by Crippen LogP contribution is -2.33. The van der Waals surface area contributed by atoms with E-state index < -0.39 is 23.6 Å². The molecule has 0 bridgehead atoms. The summed E-state index contributed by atoms with van der Waals surface area (Å²) in [6.45, 7) is 1.72. The molecule has 116 valence electrons. The third-order valence-electron chi connectivity index (χ3n) is 3.26. The number of carbonyl (C=O) groups is 1. The number of aliphatic hydroxyl groups is 1. The van der Waals surface area contributed by atoms with Gasteiger partial charge in [0.25, 0.3) is 5.91 Å². The molecule has 0 saturated heterocycles. The summed E-state index contributed by atoms with van der Waals surface area (Å²) in [5.74, 6) is -2.18. The van der Waals surface area contributed by atoms with E-state index in [-0.39, 0.29) is 11.6 Å². The van der Waals surface area contributed by atoms with Crippen LogP contribution in [0.25, 0.3) is 0 Å². The molecular weight excluding hydrogens is 288 g/mol. The van der Waals surface area contributed by atoms with E-state index in [1.807, 2.05) is 18.2 Å². The Morgan fingerprint density at radius 2 is 1.73 bits per heavy atom. The van der Waals surface area contributed by atoms with Gasteiger partial charge < -0.3 is 10.4 Å². The summed E-state index contributed by atoms with van der Waals surface area (Å²) in [7, 11) is 0. The predicted octanol–water partition coefficient (Wildman–Crippen LogP) is 3.21. The highest BCUT2D eigenvalue weighted by Gasteiger charge is 2.16. The maximum Gasteiger partial charge on any atom is 0.251 e. The minimum absolute atomic E-state index is 0.0847. The first-order chi connectivity index (χ1) is 10.5. The molecule has 0 spiro atoms. The summed E-state index contributed by atoms with van der Waals surface area (Å²) in [6.07, 6.45) is -0.422. The SMILES string of the molecule is CC(CC(O)c1ccccc1)NC(=O)c1cc(F)cc(F)c1. The van der Waals surface area contributed by atoms with Crippen LogP contribution in [0.3, 0.4) is 0 Å². The smallest absolute Gasteiger partial charge is 0.251 e. The summed E-state index contributed by atoms with van der Waals surface area (Å²) >= 11 is 0. The van der Waals surface area contributed by atoms with E-state index in [0.29, 0.717) is 12.5 Å². The van der Waals surface area contributed by atoms with Crippen LogP contribution in [0.15, 0.2) is 48.5 Å². The molecule has 1 amide bonds. The Morgan fingerprint density at radius 1 is 1.14 bits per heavy atom. The number of halogens is 2. The Balaban J connectivity index is 1.96. The summed E-state index contributed by atoms with van der Waals surface area (Å²) in [4.78, 5) is 12.0. The van der Waals surface area contributed by atoms with Crippen molar-refractivity contribution in [2.24, 2.45) is 0 Å². The van der Waals surface area contributed by atoms with Gasteiger partial charge in [-0.2, -0.15) is 0 Å². The van der Waals surface area contributed by atoms with E-state index in [9.17, 15) is 18.7 Å². The van der Waals surface area contributed by atoms with Gasteiger partial charge in [-0.05, 0) is 31.0 Å². The number of nitrogens with one attached hydrogen (secondary N) is 1. The first kappa shape index (κ1) is 16.1. The molecule has 2 aromatic carbocycles. The minimum atomic E-state index is -0.804. The van der Waals surface area contributed by atoms with Crippen molar-refractivity contribution in [3.05, 3.63) is 71.3 Å². The Labute approximate surface area is 127 Å². The van der Waals surface area contributed by atoms with Crippen molar-refractivity contribution in [1.82, 2.24) is 5.32 Å². The fraction of sp³-hybridized carbons (Fsp3) is 0.235. The normalized spacial score (nSPS) is 13.5. The highest BCUT2D eigenvalue weighted by molar-refractivity contribution is 5.94. The van der Waals surface area contributed by atoms with E-state index in [4.69, 9.17) is 0 Å². The van der Waals surface area contributed by atoms with Crippen molar-refractivity contribution >= 4 is 5.91 Å². The van der Waals surface area contributed by atoms with Crippen LogP contribution in [-0.4, -0.2) is 17.1 Å². The Bertz CT molecular complexity index is 626. The lowest BCUT2D eigenvalue weighted by molar-refractivity contribution is 0.0916. The zero-order valence-electron chi connectivity index (χ0n) is 12.1. The fourth-order valence-corrected chi connectivity index (χ4v) is 2.20. The van der Waals surface area contributed by atoms with Crippen LogP contribution in [0.2, 0.25) is 0 Å². The van der Waals surface area contributed by atoms with Crippen LogP contribution in [-0.2, 0) is 0 Å². The first-order valence-electron chi connectivity index (χ1n) is 6.95. The van der Waals surface area contributed by atoms with Crippen LogP contribution in [0.1, 0.15) is 35.4 Å². The molecule has 2 atom stereocenters. The lowest BCUT2D eigenvalue weighted by atomic mass is 10.0. The highest BCUT2D eigenvalue weighted by atomic mass is 19.1. The monoisotopic (exact) mass is 305 g/mol. The molecule has 3 nitrogen and oxygen atoms in total. The predicted molar refractivity (Wildman–Crippen MR) is 79.3 cm³/mol. The second kappa shape index (κ2) is 7.13. The molecule has 0 aliphatic heterocycles. The van der Waals surface area contributed by atoms with Gasteiger partial charge in [-0.15, -0.1) is 0 Å². The third kappa shape index (κ3) is 4.36. The minimum Gasteiger partial charge on any atom is -0.388 e. The topological polar surface area (TPSA) is 49.3 Å². The fourth-order valence-electron chi connectivity index (χ4n) is 2.20. The molecule has 0 aromatic heterocycles. The van der Waals surface area contributed by atoms with Crippen molar-refractivity contribution in [2.75, 3.05) is 0 Å². The molecular formula is C17H17F2NO2. The van der Waals surface area contributed by atoms with Crippen molar-refractivity contribution < 1.29 is 18.7 Å². The standard InChI is InChI=1S/C17H17F2NO2/c1-11(7-16(21)12-5-3-2-4-6-12)20-17(22)13-8-14(18)10-15(19)9-13/h2-6,8-11,16,21H,7H2,1H3,(H,20,22). The average molecular weight is 305 g/mol. The van der Waals surface area contributed by atoms with Crippen LogP contribution >= 0.6 is 0 Å². The molecule has 22 heavy (non-hydrogen) atoms. The molecule has 0 saturated carbocycles. The zero-order valence-corrected chi connectivity index (χ0v) is 12.1. The van der Waals surface area contributed by atoms with Gasteiger partial charge >= 0.3 is 0 Å².